The van der Waals surface area contributed by atoms with Crippen LogP contribution in [0.15, 0.2) is 28.2 Å². The standard InChI is InChI=1S/C17H16F3N5OS/c1-10-22-15(26-24-10)11-4-5-21-14(7-11)25-6-2-3-12(8-25)16-23-13(9-27-16)17(18,19)20/h4-5,7,9,12H,2-3,6,8H2,1H3. The van der Waals surface area contributed by atoms with Gasteiger partial charge in [-0.05, 0) is 31.9 Å². The second-order valence-corrected chi connectivity index (χ2v) is 7.29. The van der Waals surface area contributed by atoms with Crippen LogP contribution in [-0.4, -0.2) is 33.2 Å². The van der Waals surface area contributed by atoms with Crippen molar-refractivity contribution in [2.45, 2.75) is 31.9 Å². The Morgan fingerprint density at radius 3 is 2.85 bits per heavy atom. The maximum absolute atomic E-state index is 12.8. The Bertz CT molecular complexity index is 939. The Balaban J connectivity index is 1.54. The molecule has 0 amide bonds. The van der Waals surface area contributed by atoms with Crippen LogP contribution in [0.3, 0.4) is 0 Å². The molecule has 0 aliphatic carbocycles. The number of halogens is 3. The number of pyridine rings is 1. The number of nitrogens with zero attached hydrogens (tertiary/aromatic N) is 5. The first kappa shape index (κ1) is 17.9. The normalized spacial score (nSPS) is 18.1. The van der Waals surface area contributed by atoms with Gasteiger partial charge in [-0.15, -0.1) is 11.3 Å². The van der Waals surface area contributed by atoms with Crippen LogP contribution in [0.1, 0.15) is 35.3 Å². The maximum atomic E-state index is 12.8. The van der Waals surface area contributed by atoms with Crippen LogP contribution in [0.4, 0.5) is 19.0 Å². The van der Waals surface area contributed by atoms with Gasteiger partial charge in [-0.1, -0.05) is 5.16 Å². The highest BCUT2D eigenvalue weighted by Crippen LogP contribution is 2.36. The third-order valence-electron chi connectivity index (χ3n) is 4.43. The molecule has 1 aliphatic rings. The molecule has 1 fully saturated rings. The van der Waals surface area contributed by atoms with E-state index in [0.717, 1.165) is 47.5 Å². The van der Waals surface area contributed by atoms with Crippen molar-refractivity contribution in [3.8, 4) is 11.5 Å². The van der Waals surface area contributed by atoms with Crippen LogP contribution in [0, 0.1) is 6.92 Å². The van der Waals surface area contributed by atoms with Gasteiger partial charge < -0.3 is 9.42 Å². The highest BCUT2D eigenvalue weighted by atomic mass is 32.1. The van der Waals surface area contributed by atoms with E-state index in [1.807, 2.05) is 6.07 Å². The molecule has 4 heterocycles. The lowest BCUT2D eigenvalue weighted by Gasteiger charge is -2.32. The molecular weight excluding hydrogens is 379 g/mol. The predicted octanol–water partition coefficient (Wildman–Crippen LogP) is 4.30. The third-order valence-corrected chi connectivity index (χ3v) is 5.43. The quantitative estimate of drug-likeness (QED) is 0.659. The number of thiazole rings is 1. The van der Waals surface area contributed by atoms with Gasteiger partial charge in [-0.3, -0.25) is 0 Å². The fourth-order valence-corrected chi connectivity index (χ4v) is 4.09. The molecule has 3 aromatic rings. The van der Waals surface area contributed by atoms with E-state index in [-0.39, 0.29) is 5.92 Å². The molecular formula is C17H16F3N5OS. The summed E-state index contributed by atoms with van der Waals surface area (Å²) in [6.07, 6.45) is -1.07. The largest absolute Gasteiger partial charge is 0.434 e. The van der Waals surface area contributed by atoms with Crippen LogP contribution in [-0.2, 0) is 6.18 Å². The van der Waals surface area contributed by atoms with E-state index in [0.29, 0.717) is 23.3 Å². The van der Waals surface area contributed by atoms with E-state index in [1.54, 1.807) is 19.2 Å². The summed E-state index contributed by atoms with van der Waals surface area (Å²) >= 11 is 1.07. The monoisotopic (exact) mass is 395 g/mol. The van der Waals surface area contributed by atoms with E-state index in [1.165, 1.54) is 0 Å². The molecule has 4 rings (SSSR count). The number of aromatic nitrogens is 4. The van der Waals surface area contributed by atoms with Crippen molar-refractivity contribution in [3.05, 3.63) is 40.2 Å². The van der Waals surface area contributed by atoms with Crippen molar-refractivity contribution in [1.29, 1.82) is 0 Å². The van der Waals surface area contributed by atoms with Gasteiger partial charge in [-0.2, -0.15) is 18.2 Å². The first-order valence-electron chi connectivity index (χ1n) is 8.44. The van der Waals surface area contributed by atoms with Gasteiger partial charge in [0.25, 0.3) is 5.89 Å². The molecule has 0 saturated carbocycles. The van der Waals surface area contributed by atoms with Crippen molar-refractivity contribution in [2.24, 2.45) is 0 Å². The van der Waals surface area contributed by atoms with Crippen molar-refractivity contribution in [3.63, 3.8) is 0 Å². The van der Waals surface area contributed by atoms with Gasteiger partial charge >= 0.3 is 6.18 Å². The number of piperidine rings is 1. The highest BCUT2D eigenvalue weighted by molar-refractivity contribution is 7.09. The van der Waals surface area contributed by atoms with Gasteiger partial charge in [0.1, 0.15) is 5.82 Å². The lowest BCUT2D eigenvalue weighted by Crippen LogP contribution is -2.34. The Hall–Kier alpha value is -2.49. The smallest absolute Gasteiger partial charge is 0.356 e. The molecule has 1 unspecified atom stereocenters. The summed E-state index contributed by atoms with van der Waals surface area (Å²) in [6.45, 7) is 3.10. The second kappa shape index (κ2) is 6.91. The molecule has 1 atom stereocenters. The Kier molecular flexibility index (Phi) is 4.58. The van der Waals surface area contributed by atoms with Gasteiger partial charge in [0.05, 0.1) is 5.01 Å². The Morgan fingerprint density at radius 1 is 1.30 bits per heavy atom. The molecule has 10 heteroatoms. The minimum absolute atomic E-state index is 0.0454. The fourth-order valence-electron chi connectivity index (χ4n) is 3.13. The van der Waals surface area contributed by atoms with Crippen LogP contribution in [0.2, 0.25) is 0 Å². The fraction of sp³-hybridized carbons (Fsp3) is 0.412. The highest BCUT2D eigenvalue weighted by Gasteiger charge is 2.35. The molecule has 0 spiro atoms. The molecule has 0 bridgehead atoms. The third kappa shape index (κ3) is 3.80. The number of anilines is 1. The first-order valence-corrected chi connectivity index (χ1v) is 9.32. The summed E-state index contributed by atoms with van der Waals surface area (Å²) in [5.74, 6) is 1.65. The van der Waals surface area contributed by atoms with Crippen molar-refractivity contribution >= 4 is 17.2 Å². The molecule has 0 radical (unpaired) electrons. The van der Waals surface area contributed by atoms with Gasteiger partial charge in [0.15, 0.2) is 11.5 Å². The zero-order valence-corrected chi connectivity index (χ0v) is 15.2. The van der Waals surface area contributed by atoms with Gasteiger partial charge in [-0.25, -0.2) is 9.97 Å². The first-order chi connectivity index (χ1) is 12.9. The SMILES string of the molecule is Cc1noc(-c2ccnc(N3CCCC(c4nc(C(F)(F)F)cs4)C3)c2)n1. The summed E-state index contributed by atoms with van der Waals surface area (Å²) in [6, 6.07) is 3.65. The summed E-state index contributed by atoms with van der Waals surface area (Å²) in [4.78, 5) is 14.5. The zero-order chi connectivity index (χ0) is 19.0. The lowest BCUT2D eigenvalue weighted by atomic mass is 9.98. The average Bonchev–Trinajstić information content (AvgIpc) is 3.31. The average molecular weight is 395 g/mol. The molecule has 0 N–H and O–H groups in total. The lowest BCUT2D eigenvalue weighted by molar-refractivity contribution is -0.140. The number of aryl methyl sites for hydroxylation is 1. The summed E-state index contributed by atoms with van der Waals surface area (Å²) in [5.41, 5.74) is -0.0529. The molecule has 1 aliphatic heterocycles. The van der Waals surface area contributed by atoms with E-state index in [4.69, 9.17) is 4.52 Å². The molecule has 27 heavy (non-hydrogen) atoms. The summed E-state index contributed by atoms with van der Waals surface area (Å²) in [7, 11) is 0. The van der Waals surface area contributed by atoms with Crippen molar-refractivity contribution in [1.82, 2.24) is 20.1 Å². The molecule has 1 saturated heterocycles. The van der Waals surface area contributed by atoms with E-state index in [2.05, 4.69) is 25.0 Å². The molecule has 3 aromatic heterocycles. The van der Waals surface area contributed by atoms with Crippen molar-refractivity contribution < 1.29 is 17.7 Å². The second-order valence-electron chi connectivity index (χ2n) is 6.40. The van der Waals surface area contributed by atoms with E-state index in [9.17, 15) is 13.2 Å². The van der Waals surface area contributed by atoms with Crippen LogP contribution >= 0.6 is 11.3 Å². The number of hydrogen-bond acceptors (Lipinski definition) is 7. The van der Waals surface area contributed by atoms with Crippen LogP contribution in [0.5, 0.6) is 0 Å². The summed E-state index contributed by atoms with van der Waals surface area (Å²) in [5, 5.41) is 5.40. The maximum Gasteiger partial charge on any atom is 0.434 e. The number of alkyl halides is 3. The molecule has 0 aromatic carbocycles. The molecule has 142 valence electrons. The Labute approximate surface area is 157 Å². The predicted molar refractivity (Wildman–Crippen MR) is 93.6 cm³/mol. The van der Waals surface area contributed by atoms with E-state index >= 15 is 0 Å². The van der Waals surface area contributed by atoms with Crippen molar-refractivity contribution in [2.75, 3.05) is 18.0 Å². The molecule has 6 nitrogen and oxygen atoms in total. The minimum atomic E-state index is -4.40. The van der Waals surface area contributed by atoms with Crippen LogP contribution in [0.25, 0.3) is 11.5 Å². The van der Waals surface area contributed by atoms with Crippen LogP contribution < -0.4 is 4.90 Å². The topological polar surface area (TPSA) is 67.9 Å². The zero-order valence-electron chi connectivity index (χ0n) is 14.4. The number of rotatable bonds is 3. The minimum Gasteiger partial charge on any atom is -0.356 e. The van der Waals surface area contributed by atoms with Gasteiger partial charge in [0.2, 0.25) is 0 Å². The van der Waals surface area contributed by atoms with Gasteiger partial charge in [0, 0.05) is 36.1 Å². The Morgan fingerprint density at radius 2 is 2.15 bits per heavy atom. The summed E-state index contributed by atoms with van der Waals surface area (Å²) < 4.78 is 43.7. The van der Waals surface area contributed by atoms with E-state index < -0.39 is 11.9 Å². The number of hydrogen-bond donors (Lipinski definition) is 0.